The van der Waals surface area contributed by atoms with Gasteiger partial charge in [-0.3, -0.25) is 4.79 Å². The SMILES string of the molecule is CCNCC1CCN(C(=O)CCn2ccnc2)CC1. The number of aryl methyl sites for hydroxylation is 1. The van der Waals surface area contributed by atoms with E-state index in [0.717, 1.165) is 51.5 Å². The summed E-state index contributed by atoms with van der Waals surface area (Å²) in [5.41, 5.74) is 0. The van der Waals surface area contributed by atoms with Crippen molar-refractivity contribution < 1.29 is 4.79 Å². The summed E-state index contributed by atoms with van der Waals surface area (Å²) in [7, 11) is 0. The fraction of sp³-hybridized carbons (Fsp3) is 0.714. The van der Waals surface area contributed by atoms with Crippen molar-refractivity contribution in [3.05, 3.63) is 18.7 Å². The smallest absolute Gasteiger partial charge is 0.224 e. The van der Waals surface area contributed by atoms with Crippen LogP contribution in [-0.4, -0.2) is 46.5 Å². The molecular formula is C14H24N4O. The second kappa shape index (κ2) is 7.28. The monoisotopic (exact) mass is 264 g/mol. The van der Waals surface area contributed by atoms with Crippen molar-refractivity contribution in [3.8, 4) is 0 Å². The maximum Gasteiger partial charge on any atom is 0.224 e. The van der Waals surface area contributed by atoms with Gasteiger partial charge in [-0.25, -0.2) is 4.98 Å². The molecule has 1 amide bonds. The van der Waals surface area contributed by atoms with E-state index in [2.05, 4.69) is 17.2 Å². The van der Waals surface area contributed by atoms with Crippen LogP contribution in [0.1, 0.15) is 26.2 Å². The molecule has 0 unspecified atom stereocenters. The Bertz CT molecular complexity index is 369. The topological polar surface area (TPSA) is 50.2 Å². The zero-order valence-electron chi connectivity index (χ0n) is 11.7. The molecule has 0 spiro atoms. The molecule has 1 aliphatic heterocycles. The van der Waals surface area contributed by atoms with E-state index >= 15 is 0 Å². The van der Waals surface area contributed by atoms with E-state index in [1.165, 1.54) is 0 Å². The van der Waals surface area contributed by atoms with Crippen LogP contribution in [0.15, 0.2) is 18.7 Å². The normalized spacial score (nSPS) is 16.8. The van der Waals surface area contributed by atoms with Gasteiger partial charge in [-0.05, 0) is 31.8 Å². The van der Waals surface area contributed by atoms with E-state index in [4.69, 9.17) is 0 Å². The number of carbonyl (C=O) groups is 1. The summed E-state index contributed by atoms with van der Waals surface area (Å²) in [4.78, 5) is 18.1. The lowest BCUT2D eigenvalue weighted by molar-refractivity contribution is -0.132. The lowest BCUT2D eigenvalue weighted by Crippen LogP contribution is -2.41. The Morgan fingerprint density at radius 3 is 2.84 bits per heavy atom. The molecule has 0 aromatic carbocycles. The molecule has 5 nitrogen and oxygen atoms in total. The third kappa shape index (κ3) is 4.35. The molecule has 1 aromatic rings. The largest absolute Gasteiger partial charge is 0.343 e. The number of rotatable bonds is 6. The lowest BCUT2D eigenvalue weighted by atomic mass is 9.96. The molecule has 5 heteroatoms. The number of piperidine rings is 1. The van der Waals surface area contributed by atoms with Crippen LogP contribution in [0.5, 0.6) is 0 Å². The first-order valence-electron chi connectivity index (χ1n) is 7.24. The van der Waals surface area contributed by atoms with E-state index in [9.17, 15) is 4.79 Å². The number of nitrogens with zero attached hydrogens (tertiary/aromatic N) is 3. The Kier molecular flexibility index (Phi) is 5.39. The van der Waals surface area contributed by atoms with Crippen molar-refractivity contribution in [2.45, 2.75) is 32.7 Å². The van der Waals surface area contributed by atoms with Crippen molar-refractivity contribution >= 4 is 5.91 Å². The van der Waals surface area contributed by atoms with Crippen molar-refractivity contribution in [3.63, 3.8) is 0 Å². The quantitative estimate of drug-likeness (QED) is 0.837. The van der Waals surface area contributed by atoms with Gasteiger partial charge in [0.1, 0.15) is 0 Å². The third-order valence-corrected chi connectivity index (χ3v) is 3.79. The molecule has 0 aliphatic carbocycles. The minimum atomic E-state index is 0.274. The van der Waals surface area contributed by atoms with E-state index in [1.54, 1.807) is 12.5 Å². The highest BCUT2D eigenvalue weighted by atomic mass is 16.2. The summed E-state index contributed by atoms with van der Waals surface area (Å²) in [6, 6.07) is 0. The van der Waals surface area contributed by atoms with Crippen molar-refractivity contribution in [2.24, 2.45) is 5.92 Å². The first-order chi connectivity index (χ1) is 9.29. The van der Waals surface area contributed by atoms with Gasteiger partial charge in [-0.1, -0.05) is 6.92 Å². The standard InChI is InChI=1S/C14H24N4O/c1-2-15-11-13-3-8-18(9-4-13)14(19)5-7-17-10-6-16-12-17/h6,10,12-13,15H,2-5,7-9,11H2,1H3. The number of hydrogen-bond acceptors (Lipinski definition) is 3. The second-order valence-corrected chi connectivity index (χ2v) is 5.18. The van der Waals surface area contributed by atoms with Crippen molar-refractivity contribution in [1.29, 1.82) is 0 Å². The summed E-state index contributed by atoms with van der Waals surface area (Å²) in [6.07, 6.45) is 8.24. The number of aromatic nitrogens is 2. The Labute approximate surface area is 115 Å². The van der Waals surface area contributed by atoms with Gasteiger partial charge in [0.05, 0.1) is 6.33 Å². The minimum Gasteiger partial charge on any atom is -0.343 e. The molecular weight excluding hydrogens is 240 g/mol. The molecule has 0 saturated carbocycles. The number of carbonyl (C=O) groups excluding carboxylic acids is 1. The number of amides is 1. The van der Waals surface area contributed by atoms with Crippen LogP contribution in [0.4, 0.5) is 0 Å². The Balaban J connectivity index is 1.67. The van der Waals surface area contributed by atoms with Gasteiger partial charge in [-0.15, -0.1) is 0 Å². The van der Waals surface area contributed by atoms with Crippen LogP contribution in [-0.2, 0) is 11.3 Å². The summed E-state index contributed by atoms with van der Waals surface area (Å²) in [6.45, 7) is 6.82. The van der Waals surface area contributed by atoms with Gasteiger partial charge < -0.3 is 14.8 Å². The lowest BCUT2D eigenvalue weighted by Gasteiger charge is -2.32. The maximum atomic E-state index is 12.1. The average Bonchev–Trinajstić information content (AvgIpc) is 2.96. The first-order valence-corrected chi connectivity index (χ1v) is 7.24. The second-order valence-electron chi connectivity index (χ2n) is 5.18. The van der Waals surface area contributed by atoms with Crippen molar-refractivity contribution in [1.82, 2.24) is 19.8 Å². The van der Waals surface area contributed by atoms with Crippen LogP contribution in [0.2, 0.25) is 0 Å². The molecule has 2 heterocycles. The molecule has 1 saturated heterocycles. The molecule has 0 atom stereocenters. The van der Waals surface area contributed by atoms with Crippen LogP contribution < -0.4 is 5.32 Å². The van der Waals surface area contributed by atoms with Crippen molar-refractivity contribution in [2.75, 3.05) is 26.2 Å². The fourth-order valence-electron chi connectivity index (χ4n) is 2.54. The molecule has 1 fully saturated rings. The van der Waals surface area contributed by atoms with Crippen LogP contribution in [0.3, 0.4) is 0 Å². The Morgan fingerprint density at radius 2 is 2.21 bits per heavy atom. The van der Waals surface area contributed by atoms with Gasteiger partial charge in [0.15, 0.2) is 0 Å². The molecule has 0 radical (unpaired) electrons. The molecule has 19 heavy (non-hydrogen) atoms. The van der Waals surface area contributed by atoms with Crippen LogP contribution in [0.25, 0.3) is 0 Å². The zero-order chi connectivity index (χ0) is 13.5. The molecule has 2 rings (SSSR count). The molecule has 1 aromatic heterocycles. The molecule has 0 bridgehead atoms. The zero-order valence-corrected chi connectivity index (χ0v) is 11.7. The minimum absolute atomic E-state index is 0.274. The predicted molar refractivity (Wildman–Crippen MR) is 74.7 cm³/mol. The van der Waals surface area contributed by atoms with Gasteiger partial charge in [0.2, 0.25) is 5.91 Å². The molecule has 1 N–H and O–H groups in total. The third-order valence-electron chi connectivity index (χ3n) is 3.79. The Hall–Kier alpha value is -1.36. The van der Waals surface area contributed by atoms with E-state index < -0.39 is 0 Å². The maximum absolute atomic E-state index is 12.1. The Morgan fingerprint density at radius 1 is 1.42 bits per heavy atom. The van der Waals surface area contributed by atoms with Gasteiger partial charge >= 0.3 is 0 Å². The first kappa shape index (κ1) is 14.1. The summed E-state index contributed by atoms with van der Waals surface area (Å²) in [5.74, 6) is 1.01. The number of imidazole rings is 1. The highest BCUT2D eigenvalue weighted by Crippen LogP contribution is 2.17. The number of nitrogens with one attached hydrogen (secondary N) is 1. The summed E-state index contributed by atoms with van der Waals surface area (Å²) >= 11 is 0. The van der Waals surface area contributed by atoms with Gasteiger partial charge in [-0.2, -0.15) is 0 Å². The molecule has 106 valence electrons. The highest BCUT2D eigenvalue weighted by molar-refractivity contribution is 5.76. The van der Waals surface area contributed by atoms with E-state index in [-0.39, 0.29) is 5.91 Å². The average molecular weight is 264 g/mol. The number of likely N-dealkylation sites (tertiary alicyclic amines) is 1. The molecule has 1 aliphatic rings. The number of hydrogen-bond donors (Lipinski definition) is 1. The fourth-order valence-corrected chi connectivity index (χ4v) is 2.54. The van der Waals surface area contributed by atoms with E-state index in [0.29, 0.717) is 6.42 Å². The van der Waals surface area contributed by atoms with Gasteiger partial charge in [0.25, 0.3) is 0 Å². The highest BCUT2D eigenvalue weighted by Gasteiger charge is 2.21. The van der Waals surface area contributed by atoms with E-state index in [1.807, 2.05) is 15.7 Å². The van der Waals surface area contributed by atoms with Gasteiger partial charge in [0, 0.05) is 38.4 Å². The predicted octanol–water partition coefficient (Wildman–Crippen LogP) is 1.12. The summed E-state index contributed by atoms with van der Waals surface area (Å²) in [5, 5.41) is 3.39. The van der Waals surface area contributed by atoms with Crippen LogP contribution >= 0.6 is 0 Å². The summed E-state index contributed by atoms with van der Waals surface area (Å²) < 4.78 is 1.95. The van der Waals surface area contributed by atoms with Crippen LogP contribution in [0, 0.1) is 5.92 Å².